The lowest BCUT2D eigenvalue weighted by atomic mass is 10.2. The van der Waals surface area contributed by atoms with E-state index in [1.165, 1.54) is 10.4 Å². The molecule has 2 aromatic rings. The zero-order valence-corrected chi connectivity index (χ0v) is 18.8. The van der Waals surface area contributed by atoms with Gasteiger partial charge in [0.2, 0.25) is 10.0 Å². The average Bonchev–Trinajstić information content (AvgIpc) is 2.80. The third kappa shape index (κ3) is 5.03. The van der Waals surface area contributed by atoms with Crippen molar-refractivity contribution in [1.82, 2.24) is 4.31 Å². The van der Waals surface area contributed by atoms with Crippen molar-refractivity contribution >= 4 is 38.9 Å². The fourth-order valence-electron chi connectivity index (χ4n) is 3.93. The highest BCUT2D eigenvalue weighted by Crippen LogP contribution is 2.30. The monoisotopic (exact) mass is 463 g/mol. The van der Waals surface area contributed by atoms with E-state index in [9.17, 15) is 13.2 Å². The lowest BCUT2D eigenvalue weighted by molar-refractivity contribution is 0.102. The van der Waals surface area contributed by atoms with E-state index in [-0.39, 0.29) is 16.4 Å². The van der Waals surface area contributed by atoms with Crippen molar-refractivity contribution < 1.29 is 17.9 Å². The van der Waals surface area contributed by atoms with E-state index in [4.69, 9.17) is 16.3 Å². The molecule has 2 aliphatic rings. The van der Waals surface area contributed by atoms with Gasteiger partial charge in [0.25, 0.3) is 5.91 Å². The van der Waals surface area contributed by atoms with Crippen LogP contribution in [0.2, 0.25) is 5.02 Å². The Hall–Kier alpha value is -2.13. The fourth-order valence-corrected chi connectivity index (χ4v) is 5.67. The number of nitrogens with one attached hydrogen (secondary N) is 1. The van der Waals surface area contributed by atoms with E-state index in [0.717, 1.165) is 24.9 Å². The summed E-state index contributed by atoms with van der Waals surface area (Å²) in [7, 11) is -3.61. The van der Waals surface area contributed by atoms with E-state index < -0.39 is 10.0 Å². The van der Waals surface area contributed by atoms with Gasteiger partial charge in [0.05, 0.1) is 29.5 Å². The summed E-state index contributed by atoms with van der Waals surface area (Å²) in [5, 5.41) is 3.42. The van der Waals surface area contributed by atoms with Crippen LogP contribution in [0, 0.1) is 0 Å². The largest absolute Gasteiger partial charge is 0.378 e. The van der Waals surface area contributed by atoms with E-state index in [1.807, 2.05) is 6.07 Å². The van der Waals surface area contributed by atoms with Gasteiger partial charge in [0.15, 0.2) is 0 Å². The highest BCUT2D eigenvalue weighted by Gasteiger charge is 2.26. The smallest absolute Gasteiger partial charge is 0.255 e. The summed E-state index contributed by atoms with van der Waals surface area (Å²) < 4.78 is 32.9. The summed E-state index contributed by atoms with van der Waals surface area (Å²) in [5.41, 5.74) is 1.73. The SMILES string of the molecule is O=C(Nc1cc(Cl)ccc1N1CCOCC1)c1cccc(S(=O)(=O)N2CCCCC2)c1. The Balaban J connectivity index is 1.57. The molecule has 2 heterocycles. The van der Waals surface area contributed by atoms with Gasteiger partial charge in [-0.3, -0.25) is 4.79 Å². The summed E-state index contributed by atoms with van der Waals surface area (Å²) in [4.78, 5) is 15.3. The number of nitrogens with zero attached hydrogens (tertiary/aromatic N) is 2. The van der Waals surface area contributed by atoms with E-state index in [2.05, 4.69) is 10.2 Å². The molecular weight excluding hydrogens is 438 g/mol. The number of carbonyl (C=O) groups is 1. The lowest BCUT2D eigenvalue weighted by Gasteiger charge is -2.30. The topological polar surface area (TPSA) is 79.0 Å². The second kappa shape index (κ2) is 9.56. The third-order valence-electron chi connectivity index (χ3n) is 5.61. The Bertz CT molecular complexity index is 1050. The molecule has 0 spiro atoms. The molecule has 31 heavy (non-hydrogen) atoms. The summed E-state index contributed by atoms with van der Waals surface area (Å²) in [6, 6.07) is 11.6. The molecule has 1 N–H and O–H groups in total. The first-order valence-electron chi connectivity index (χ1n) is 10.5. The van der Waals surface area contributed by atoms with Gasteiger partial charge in [-0.2, -0.15) is 4.31 Å². The standard InChI is InChI=1S/C22H26ClN3O4S/c23-18-7-8-21(25-11-13-30-14-12-25)20(16-18)24-22(27)17-5-4-6-19(15-17)31(28,29)26-9-2-1-3-10-26/h4-8,15-16H,1-3,9-14H2,(H,24,27). The van der Waals surface area contributed by atoms with Crippen LogP contribution in [0.1, 0.15) is 29.6 Å². The second-order valence-corrected chi connectivity index (χ2v) is 10.1. The van der Waals surface area contributed by atoms with Crippen LogP contribution < -0.4 is 10.2 Å². The maximum atomic E-state index is 13.0. The van der Waals surface area contributed by atoms with Gasteiger partial charge in [-0.1, -0.05) is 24.1 Å². The van der Waals surface area contributed by atoms with Crippen molar-refractivity contribution in [1.29, 1.82) is 0 Å². The third-order valence-corrected chi connectivity index (χ3v) is 7.74. The summed E-state index contributed by atoms with van der Waals surface area (Å²) in [5.74, 6) is -0.382. The molecule has 0 aliphatic carbocycles. The lowest BCUT2D eigenvalue weighted by Crippen LogP contribution is -2.36. The molecule has 166 valence electrons. The van der Waals surface area contributed by atoms with E-state index >= 15 is 0 Å². The molecule has 9 heteroatoms. The molecule has 1 amide bonds. The molecule has 0 radical (unpaired) electrons. The minimum atomic E-state index is -3.61. The molecule has 2 aliphatic heterocycles. The zero-order chi connectivity index (χ0) is 21.8. The van der Waals surface area contributed by atoms with Gasteiger partial charge in [-0.25, -0.2) is 8.42 Å². The molecular formula is C22H26ClN3O4S. The molecule has 2 fully saturated rings. The van der Waals surface area contributed by atoms with Crippen molar-refractivity contribution in [3.05, 3.63) is 53.1 Å². The van der Waals surface area contributed by atoms with Gasteiger partial charge >= 0.3 is 0 Å². The fraction of sp³-hybridized carbons (Fsp3) is 0.409. The number of sulfonamides is 1. The number of carbonyl (C=O) groups excluding carboxylic acids is 1. The molecule has 0 atom stereocenters. The van der Waals surface area contributed by atoms with E-state index in [1.54, 1.807) is 30.3 Å². The summed E-state index contributed by atoms with van der Waals surface area (Å²) in [6.07, 6.45) is 2.76. The van der Waals surface area contributed by atoms with Crippen LogP contribution in [-0.2, 0) is 14.8 Å². The predicted molar refractivity (Wildman–Crippen MR) is 121 cm³/mol. The van der Waals surface area contributed by atoms with Gasteiger partial charge in [0.1, 0.15) is 0 Å². The highest BCUT2D eigenvalue weighted by molar-refractivity contribution is 7.89. The number of piperidine rings is 1. The average molecular weight is 464 g/mol. The van der Waals surface area contributed by atoms with Crippen LogP contribution in [0.5, 0.6) is 0 Å². The maximum Gasteiger partial charge on any atom is 0.255 e. The number of halogens is 1. The van der Waals surface area contributed by atoms with Crippen molar-refractivity contribution in [3.8, 4) is 0 Å². The van der Waals surface area contributed by atoms with Crippen molar-refractivity contribution in [2.75, 3.05) is 49.6 Å². The van der Waals surface area contributed by atoms with Gasteiger partial charge in [-0.15, -0.1) is 0 Å². The minimum absolute atomic E-state index is 0.140. The number of amides is 1. The van der Waals surface area contributed by atoms with Gasteiger partial charge < -0.3 is 15.0 Å². The second-order valence-electron chi connectivity index (χ2n) is 7.71. The number of morpholine rings is 1. The first-order valence-corrected chi connectivity index (χ1v) is 12.3. The van der Waals surface area contributed by atoms with Crippen LogP contribution in [0.15, 0.2) is 47.4 Å². The minimum Gasteiger partial charge on any atom is -0.378 e. The van der Waals surface area contributed by atoms with Crippen LogP contribution in [0.4, 0.5) is 11.4 Å². The molecule has 2 saturated heterocycles. The Labute approximate surface area is 188 Å². The first-order chi connectivity index (χ1) is 14.9. The number of benzene rings is 2. The Morgan fingerprint density at radius 1 is 0.968 bits per heavy atom. The van der Waals surface area contributed by atoms with Crippen molar-refractivity contribution in [3.63, 3.8) is 0 Å². The first kappa shape index (κ1) is 22.1. The van der Waals surface area contributed by atoms with Crippen molar-refractivity contribution in [2.24, 2.45) is 0 Å². The number of anilines is 2. The molecule has 4 rings (SSSR count). The predicted octanol–water partition coefficient (Wildman–Crippen LogP) is 3.60. The summed E-state index contributed by atoms with van der Waals surface area (Å²) in [6.45, 7) is 3.70. The molecule has 0 aromatic heterocycles. The number of ether oxygens (including phenoxy) is 1. The van der Waals surface area contributed by atoms with Crippen molar-refractivity contribution in [2.45, 2.75) is 24.2 Å². The number of hydrogen-bond acceptors (Lipinski definition) is 5. The summed E-state index contributed by atoms with van der Waals surface area (Å²) >= 11 is 6.18. The molecule has 0 saturated carbocycles. The number of hydrogen-bond donors (Lipinski definition) is 1. The number of rotatable bonds is 5. The molecule has 2 aromatic carbocycles. The van der Waals surface area contributed by atoms with Crippen LogP contribution in [0.25, 0.3) is 0 Å². The molecule has 7 nitrogen and oxygen atoms in total. The van der Waals surface area contributed by atoms with Crippen LogP contribution in [0.3, 0.4) is 0 Å². The highest BCUT2D eigenvalue weighted by atomic mass is 35.5. The Morgan fingerprint density at radius 2 is 1.71 bits per heavy atom. The van der Waals surface area contributed by atoms with Gasteiger partial charge in [-0.05, 0) is 49.2 Å². The maximum absolute atomic E-state index is 13.0. The van der Waals surface area contributed by atoms with Crippen LogP contribution >= 0.6 is 11.6 Å². The molecule has 0 unspecified atom stereocenters. The van der Waals surface area contributed by atoms with E-state index in [0.29, 0.717) is 50.1 Å². The Morgan fingerprint density at radius 3 is 2.45 bits per heavy atom. The quantitative estimate of drug-likeness (QED) is 0.732. The van der Waals surface area contributed by atoms with Gasteiger partial charge in [0, 0.05) is 36.8 Å². The zero-order valence-electron chi connectivity index (χ0n) is 17.2. The molecule has 0 bridgehead atoms. The normalized spacial score (nSPS) is 18.0. The Kier molecular flexibility index (Phi) is 6.81. The van der Waals surface area contributed by atoms with Crippen LogP contribution in [-0.4, -0.2) is 58.0 Å².